The Kier molecular flexibility index (Phi) is 4.76. The number of allylic oxidation sites excluding steroid dienone is 1. The van der Waals surface area contributed by atoms with Crippen LogP contribution >= 0.6 is 0 Å². The number of rotatable bonds is 2. The minimum Gasteiger partial charge on any atom is -0.400 e. The van der Waals surface area contributed by atoms with Crippen molar-refractivity contribution in [3.05, 3.63) is 10.9 Å². The van der Waals surface area contributed by atoms with E-state index in [-0.39, 0.29) is 22.4 Å². The van der Waals surface area contributed by atoms with Crippen molar-refractivity contribution >= 4 is 14.2 Å². The van der Waals surface area contributed by atoms with Gasteiger partial charge in [0.05, 0.1) is 22.4 Å². The van der Waals surface area contributed by atoms with E-state index in [1.807, 2.05) is 0 Å². The first-order chi connectivity index (χ1) is 11.4. The third-order valence-electron chi connectivity index (χ3n) is 6.88. The lowest BCUT2D eigenvalue weighted by atomic mass is 9.54. The number of hydrogen-bond donors (Lipinski definition) is 0. The molecule has 0 aromatic carbocycles. The van der Waals surface area contributed by atoms with Crippen LogP contribution < -0.4 is 0 Å². The fraction of sp³-hybridized carbons (Fsp3) is 0.895. The second-order valence-corrected chi connectivity index (χ2v) is 9.80. The normalized spacial score (nSPS) is 30.0. The summed E-state index contributed by atoms with van der Waals surface area (Å²) in [5, 5.41) is 1.08. The van der Waals surface area contributed by atoms with Gasteiger partial charge >= 0.3 is 14.2 Å². The van der Waals surface area contributed by atoms with E-state index >= 15 is 0 Å². The molecule has 0 spiro atoms. The molecule has 3 aliphatic rings. The zero-order chi connectivity index (χ0) is 18.7. The summed E-state index contributed by atoms with van der Waals surface area (Å²) in [7, 11) is -0.791. The van der Waals surface area contributed by atoms with Crippen LogP contribution in [0.15, 0.2) is 10.9 Å². The molecule has 2 heterocycles. The summed E-state index contributed by atoms with van der Waals surface area (Å²) in [4.78, 5) is 0. The molecule has 1 aliphatic carbocycles. The quantitative estimate of drug-likeness (QED) is 0.688. The molecule has 6 heteroatoms. The van der Waals surface area contributed by atoms with Crippen molar-refractivity contribution in [3.63, 3.8) is 0 Å². The Balaban J connectivity index is 1.96. The Labute approximate surface area is 154 Å². The molecule has 3 fully saturated rings. The molecule has 0 aromatic heterocycles. The van der Waals surface area contributed by atoms with Crippen LogP contribution in [0.5, 0.6) is 0 Å². The molecule has 140 valence electrons. The van der Waals surface area contributed by atoms with Gasteiger partial charge in [0, 0.05) is 0 Å². The fourth-order valence-electron chi connectivity index (χ4n) is 3.65. The van der Waals surface area contributed by atoms with Crippen LogP contribution in [0.2, 0.25) is 0 Å². The van der Waals surface area contributed by atoms with E-state index in [0.717, 1.165) is 18.2 Å². The average molecular weight is 348 g/mol. The molecule has 25 heavy (non-hydrogen) atoms. The van der Waals surface area contributed by atoms with Gasteiger partial charge in [-0.2, -0.15) is 0 Å². The lowest BCUT2D eigenvalue weighted by Crippen LogP contribution is -2.41. The zero-order valence-electron chi connectivity index (χ0n) is 17.3. The largest absolute Gasteiger partial charge is 0.486 e. The van der Waals surface area contributed by atoms with E-state index in [9.17, 15) is 0 Å². The molecule has 2 aliphatic heterocycles. The predicted octanol–water partition coefficient (Wildman–Crippen LogP) is 4.51. The maximum Gasteiger partial charge on any atom is 0.486 e. The highest BCUT2D eigenvalue weighted by molar-refractivity contribution is 6.78. The maximum absolute atomic E-state index is 6.39. The summed E-state index contributed by atoms with van der Waals surface area (Å²) in [5.41, 5.74) is -0.0316. The molecule has 0 radical (unpaired) electrons. The van der Waals surface area contributed by atoms with Crippen LogP contribution in [0.25, 0.3) is 0 Å². The van der Waals surface area contributed by atoms with Crippen LogP contribution in [-0.4, -0.2) is 36.6 Å². The van der Waals surface area contributed by atoms with E-state index in [1.165, 1.54) is 24.8 Å². The van der Waals surface area contributed by atoms with E-state index in [4.69, 9.17) is 18.6 Å². The van der Waals surface area contributed by atoms with Gasteiger partial charge in [-0.15, -0.1) is 0 Å². The lowest BCUT2D eigenvalue weighted by Gasteiger charge is -2.32. The van der Waals surface area contributed by atoms with Gasteiger partial charge in [0.25, 0.3) is 0 Å². The Bertz CT molecular complexity index is 488. The van der Waals surface area contributed by atoms with Crippen molar-refractivity contribution in [2.24, 2.45) is 0 Å². The molecule has 0 amide bonds. The number of hydrogen-bond acceptors (Lipinski definition) is 4. The standard InChI is InChI=1S/C19H34B2O4/c1-16(2)17(3,4)23-20(22-16)15(14-12-10-9-11-13-14)21-24-18(5,6)19(7,8)25-21/h9-13H2,1-8H3. The SMILES string of the molecule is CC1(C)OB(C(B2OC(C)(C)C(C)(C)O2)=C2CCCCC2)OC1(C)C. The molecule has 3 rings (SSSR count). The molecule has 0 unspecified atom stereocenters. The van der Waals surface area contributed by atoms with Crippen molar-refractivity contribution in [1.29, 1.82) is 0 Å². The maximum atomic E-state index is 6.39. The Morgan fingerprint density at radius 2 is 0.920 bits per heavy atom. The molecular weight excluding hydrogens is 314 g/mol. The third-order valence-corrected chi connectivity index (χ3v) is 6.88. The van der Waals surface area contributed by atoms with Crippen LogP contribution in [0.4, 0.5) is 0 Å². The minimum atomic E-state index is -0.396. The molecule has 0 aromatic rings. The second kappa shape index (κ2) is 6.12. The first-order valence-electron chi connectivity index (χ1n) is 9.79. The first-order valence-corrected chi connectivity index (χ1v) is 9.79. The fourth-order valence-corrected chi connectivity index (χ4v) is 3.65. The lowest BCUT2D eigenvalue weighted by molar-refractivity contribution is 0.00578. The highest BCUT2D eigenvalue weighted by Crippen LogP contribution is 2.45. The van der Waals surface area contributed by atoms with Crippen LogP contribution in [-0.2, 0) is 18.6 Å². The molecule has 2 saturated heterocycles. The summed E-state index contributed by atoms with van der Waals surface area (Å²) in [6, 6.07) is 0. The van der Waals surface area contributed by atoms with Gasteiger partial charge in [0.15, 0.2) is 0 Å². The summed E-state index contributed by atoms with van der Waals surface area (Å²) < 4.78 is 25.6. The van der Waals surface area contributed by atoms with Gasteiger partial charge in [-0.25, -0.2) is 0 Å². The molecule has 0 atom stereocenters. The van der Waals surface area contributed by atoms with Crippen molar-refractivity contribution in [2.45, 2.75) is 110 Å². The topological polar surface area (TPSA) is 36.9 Å². The second-order valence-electron chi connectivity index (χ2n) is 9.80. The smallest absolute Gasteiger partial charge is 0.400 e. The average Bonchev–Trinajstić information content (AvgIpc) is 2.79. The van der Waals surface area contributed by atoms with Crippen molar-refractivity contribution < 1.29 is 18.6 Å². The minimum absolute atomic E-state index is 0.359. The van der Waals surface area contributed by atoms with Gasteiger partial charge in [0.1, 0.15) is 0 Å². The van der Waals surface area contributed by atoms with E-state index in [0.29, 0.717) is 0 Å². The van der Waals surface area contributed by atoms with Crippen LogP contribution in [0.1, 0.15) is 87.5 Å². The molecule has 4 nitrogen and oxygen atoms in total. The van der Waals surface area contributed by atoms with Crippen molar-refractivity contribution in [2.75, 3.05) is 0 Å². The van der Waals surface area contributed by atoms with E-state index < -0.39 is 14.2 Å². The van der Waals surface area contributed by atoms with Gasteiger partial charge in [0.2, 0.25) is 0 Å². The Morgan fingerprint density at radius 1 is 0.600 bits per heavy atom. The summed E-state index contributed by atoms with van der Waals surface area (Å²) in [6.45, 7) is 16.8. The highest BCUT2D eigenvalue weighted by atomic mass is 16.7. The van der Waals surface area contributed by atoms with E-state index in [2.05, 4.69) is 55.4 Å². The molecular formula is C19H34B2O4. The van der Waals surface area contributed by atoms with Crippen molar-refractivity contribution in [3.8, 4) is 0 Å². The van der Waals surface area contributed by atoms with Gasteiger partial charge < -0.3 is 18.6 Å². The zero-order valence-corrected chi connectivity index (χ0v) is 17.3. The monoisotopic (exact) mass is 348 g/mol. The van der Waals surface area contributed by atoms with Crippen LogP contribution in [0, 0.1) is 0 Å². The van der Waals surface area contributed by atoms with Gasteiger partial charge in [-0.1, -0.05) is 12.0 Å². The molecule has 1 saturated carbocycles. The van der Waals surface area contributed by atoms with Gasteiger partial charge in [-0.3, -0.25) is 0 Å². The highest BCUT2D eigenvalue weighted by Gasteiger charge is 2.60. The third kappa shape index (κ3) is 3.36. The van der Waals surface area contributed by atoms with Gasteiger partial charge in [-0.05, 0) is 86.4 Å². The first kappa shape index (κ1) is 19.5. The Morgan fingerprint density at radius 3 is 1.24 bits per heavy atom. The Hall–Kier alpha value is -0.290. The predicted molar refractivity (Wildman–Crippen MR) is 102 cm³/mol. The summed E-state index contributed by atoms with van der Waals surface area (Å²) >= 11 is 0. The molecule has 0 bridgehead atoms. The van der Waals surface area contributed by atoms with E-state index in [1.54, 1.807) is 0 Å². The van der Waals surface area contributed by atoms with Crippen molar-refractivity contribution in [1.82, 2.24) is 0 Å². The van der Waals surface area contributed by atoms with Crippen LogP contribution in [0.3, 0.4) is 0 Å². The molecule has 0 N–H and O–H groups in total. The summed E-state index contributed by atoms with van der Waals surface area (Å²) in [6.07, 6.45) is 5.91. The summed E-state index contributed by atoms with van der Waals surface area (Å²) in [5.74, 6) is 0.